The minimum Gasteiger partial charge on any atom is -0.389 e. The van der Waals surface area contributed by atoms with Crippen molar-refractivity contribution >= 4 is 24.2 Å². The summed E-state index contributed by atoms with van der Waals surface area (Å²) in [6.07, 6.45) is -6.72. The topological polar surface area (TPSA) is 53.4 Å². The van der Waals surface area contributed by atoms with Gasteiger partial charge in [0.2, 0.25) is 0 Å². The van der Waals surface area contributed by atoms with Crippen LogP contribution in [0.4, 0.5) is 13.2 Å². The van der Waals surface area contributed by atoms with Crippen LogP contribution in [0.5, 0.6) is 0 Å². The van der Waals surface area contributed by atoms with E-state index < -0.39 is 23.9 Å². The van der Waals surface area contributed by atoms with Gasteiger partial charge in [0.1, 0.15) is 6.10 Å². The molecule has 0 aromatic carbocycles. The fraction of sp³-hybridized carbons (Fsp3) is 0.444. The van der Waals surface area contributed by atoms with Crippen LogP contribution in [0.3, 0.4) is 0 Å². The maximum atomic E-state index is 12.3. The first kappa shape index (κ1) is 14.6. The summed E-state index contributed by atoms with van der Waals surface area (Å²) < 4.78 is 36.9. The van der Waals surface area contributed by atoms with Crippen LogP contribution in [0.25, 0.3) is 0 Å². The minimum atomic E-state index is -4.55. The first-order chi connectivity index (χ1) is 7.77. The average Bonchev–Trinajstić information content (AvgIpc) is 2.25. The Labute approximate surface area is 106 Å². The Balaban J connectivity index is 3.06. The predicted molar refractivity (Wildman–Crippen MR) is 59.1 cm³/mol. The molecule has 0 saturated carbocycles. The number of aromatic nitrogens is 1. The van der Waals surface area contributed by atoms with Crippen molar-refractivity contribution in [1.82, 2.24) is 4.98 Å². The Bertz CT molecular complexity index is 402. The molecule has 1 heterocycles. The summed E-state index contributed by atoms with van der Waals surface area (Å²) in [5.41, 5.74) is -1.22. The van der Waals surface area contributed by atoms with Crippen molar-refractivity contribution in [3.05, 3.63) is 28.5 Å². The number of aliphatic hydroxyl groups is 2. The van der Waals surface area contributed by atoms with Crippen LogP contribution in [-0.4, -0.2) is 27.1 Å². The second kappa shape index (κ2) is 5.43. The van der Waals surface area contributed by atoms with Gasteiger partial charge in [-0.2, -0.15) is 25.8 Å². The molecule has 96 valence electrons. The molecular weight excluding hydrogens is 279 g/mol. The SMILES string of the molecule is OC(CS)C(O)c1ncc(C(F)(F)F)cc1Cl. The van der Waals surface area contributed by atoms with Gasteiger partial charge >= 0.3 is 6.18 Å². The normalized spacial score (nSPS) is 15.7. The van der Waals surface area contributed by atoms with Gasteiger partial charge in [0.25, 0.3) is 0 Å². The maximum Gasteiger partial charge on any atom is 0.417 e. The standard InChI is InChI=1S/C9H9ClF3NO2S/c10-5-1-4(9(11,12)13)2-14-7(5)8(16)6(15)3-17/h1-2,6,8,15-17H,3H2. The highest BCUT2D eigenvalue weighted by atomic mass is 35.5. The lowest BCUT2D eigenvalue weighted by molar-refractivity contribution is -0.137. The molecule has 17 heavy (non-hydrogen) atoms. The lowest BCUT2D eigenvalue weighted by atomic mass is 10.1. The smallest absolute Gasteiger partial charge is 0.389 e. The van der Waals surface area contributed by atoms with E-state index in [2.05, 4.69) is 17.6 Å². The first-order valence-corrected chi connectivity index (χ1v) is 5.48. The van der Waals surface area contributed by atoms with E-state index in [4.69, 9.17) is 11.6 Å². The Kier molecular flexibility index (Phi) is 4.65. The number of thiol groups is 1. The zero-order chi connectivity index (χ0) is 13.2. The van der Waals surface area contributed by atoms with Crippen molar-refractivity contribution in [2.75, 3.05) is 5.75 Å². The molecule has 8 heteroatoms. The molecular formula is C9H9ClF3NO2S. The summed E-state index contributed by atoms with van der Waals surface area (Å²) in [6.45, 7) is 0. The second-order valence-corrected chi connectivity index (χ2v) is 4.06. The molecule has 2 unspecified atom stereocenters. The molecule has 0 spiro atoms. The predicted octanol–water partition coefficient (Wildman–Crippen LogP) is 2.08. The molecule has 0 fully saturated rings. The molecule has 3 nitrogen and oxygen atoms in total. The van der Waals surface area contributed by atoms with Crippen LogP contribution < -0.4 is 0 Å². The fourth-order valence-electron chi connectivity index (χ4n) is 1.10. The Morgan fingerprint density at radius 2 is 2.00 bits per heavy atom. The third-order valence-electron chi connectivity index (χ3n) is 2.03. The van der Waals surface area contributed by atoms with Gasteiger partial charge in [0, 0.05) is 11.9 Å². The number of hydrogen-bond donors (Lipinski definition) is 3. The summed E-state index contributed by atoms with van der Waals surface area (Å²) in [5.74, 6) is -0.0692. The summed E-state index contributed by atoms with van der Waals surface area (Å²) in [7, 11) is 0. The van der Waals surface area contributed by atoms with Gasteiger partial charge in [-0.1, -0.05) is 11.6 Å². The molecule has 2 atom stereocenters. The van der Waals surface area contributed by atoms with Crippen molar-refractivity contribution in [3.8, 4) is 0 Å². The van der Waals surface area contributed by atoms with Gasteiger partial charge in [-0.15, -0.1) is 0 Å². The number of hydrogen-bond acceptors (Lipinski definition) is 4. The zero-order valence-electron chi connectivity index (χ0n) is 8.32. The van der Waals surface area contributed by atoms with E-state index in [-0.39, 0.29) is 16.5 Å². The maximum absolute atomic E-state index is 12.3. The van der Waals surface area contributed by atoms with E-state index in [9.17, 15) is 23.4 Å². The van der Waals surface area contributed by atoms with Crippen molar-refractivity contribution in [2.45, 2.75) is 18.4 Å². The summed E-state index contributed by atoms with van der Waals surface area (Å²) in [6, 6.07) is 0.651. The molecule has 1 rings (SSSR count). The average molecular weight is 288 g/mol. The van der Waals surface area contributed by atoms with Crippen molar-refractivity contribution in [3.63, 3.8) is 0 Å². The first-order valence-electron chi connectivity index (χ1n) is 4.47. The summed E-state index contributed by atoms with van der Waals surface area (Å²) in [5, 5.41) is 18.5. The van der Waals surface area contributed by atoms with Gasteiger partial charge in [0.15, 0.2) is 0 Å². The molecule has 1 aromatic rings. The van der Waals surface area contributed by atoms with Gasteiger partial charge < -0.3 is 10.2 Å². The van der Waals surface area contributed by atoms with E-state index in [1.807, 2.05) is 0 Å². The van der Waals surface area contributed by atoms with Gasteiger partial charge in [-0.25, -0.2) is 0 Å². The molecule has 0 bridgehead atoms. The van der Waals surface area contributed by atoms with Crippen LogP contribution >= 0.6 is 24.2 Å². The number of aliphatic hydroxyl groups excluding tert-OH is 2. The van der Waals surface area contributed by atoms with Crippen molar-refractivity contribution in [1.29, 1.82) is 0 Å². The second-order valence-electron chi connectivity index (χ2n) is 3.28. The largest absolute Gasteiger partial charge is 0.417 e. The summed E-state index contributed by atoms with van der Waals surface area (Å²) >= 11 is 9.32. The van der Waals surface area contributed by atoms with E-state index in [0.717, 1.165) is 0 Å². The van der Waals surface area contributed by atoms with Gasteiger partial charge in [-0.05, 0) is 6.07 Å². The fourth-order valence-corrected chi connectivity index (χ4v) is 1.58. The van der Waals surface area contributed by atoms with Crippen LogP contribution in [0.1, 0.15) is 17.4 Å². The van der Waals surface area contributed by atoms with Crippen LogP contribution in [-0.2, 0) is 6.18 Å². The van der Waals surface area contributed by atoms with Crippen LogP contribution in [0.2, 0.25) is 5.02 Å². The highest BCUT2D eigenvalue weighted by Gasteiger charge is 2.32. The van der Waals surface area contributed by atoms with Crippen LogP contribution in [0.15, 0.2) is 12.3 Å². The number of halogens is 4. The number of nitrogens with zero attached hydrogens (tertiary/aromatic N) is 1. The van der Waals surface area contributed by atoms with Crippen LogP contribution in [0, 0.1) is 0 Å². The van der Waals surface area contributed by atoms with E-state index in [1.165, 1.54) is 0 Å². The third kappa shape index (κ3) is 3.48. The minimum absolute atomic E-state index is 0.0692. The molecule has 2 N–H and O–H groups in total. The van der Waals surface area contributed by atoms with E-state index >= 15 is 0 Å². The Hall–Kier alpha value is -0.500. The molecule has 0 aliphatic carbocycles. The zero-order valence-corrected chi connectivity index (χ0v) is 9.97. The molecule has 0 saturated heterocycles. The highest BCUT2D eigenvalue weighted by molar-refractivity contribution is 7.80. The lowest BCUT2D eigenvalue weighted by Crippen LogP contribution is -2.21. The van der Waals surface area contributed by atoms with E-state index in [0.29, 0.717) is 12.3 Å². The molecule has 0 aliphatic heterocycles. The number of alkyl halides is 3. The van der Waals surface area contributed by atoms with Gasteiger partial charge in [-0.3, -0.25) is 4.98 Å². The monoisotopic (exact) mass is 287 g/mol. The molecule has 0 aliphatic rings. The number of pyridine rings is 1. The van der Waals surface area contributed by atoms with Crippen molar-refractivity contribution in [2.24, 2.45) is 0 Å². The van der Waals surface area contributed by atoms with E-state index in [1.54, 1.807) is 0 Å². The molecule has 1 aromatic heterocycles. The molecule has 0 amide bonds. The lowest BCUT2D eigenvalue weighted by Gasteiger charge is -2.17. The third-order valence-corrected chi connectivity index (χ3v) is 2.71. The highest BCUT2D eigenvalue weighted by Crippen LogP contribution is 2.32. The molecule has 0 radical (unpaired) electrons. The van der Waals surface area contributed by atoms with Gasteiger partial charge in [0.05, 0.1) is 22.4 Å². The quantitative estimate of drug-likeness (QED) is 0.746. The Morgan fingerprint density at radius 3 is 2.41 bits per heavy atom. The number of rotatable bonds is 3. The Morgan fingerprint density at radius 1 is 1.41 bits per heavy atom. The summed E-state index contributed by atoms with van der Waals surface area (Å²) in [4.78, 5) is 3.42. The van der Waals surface area contributed by atoms with Crippen molar-refractivity contribution < 1.29 is 23.4 Å².